The highest BCUT2D eigenvalue weighted by molar-refractivity contribution is 5.57. The van der Waals surface area contributed by atoms with E-state index in [9.17, 15) is 0 Å². The van der Waals surface area contributed by atoms with Gasteiger partial charge in [-0.3, -0.25) is 0 Å². The lowest BCUT2D eigenvalue weighted by Crippen LogP contribution is -2.49. The monoisotopic (exact) mass is 137 g/mol. The lowest BCUT2D eigenvalue weighted by molar-refractivity contribution is 0.488. The molecule has 1 rings (SSSR count). The van der Waals surface area contributed by atoms with Gasteiger partial charge in [-0.15, -0.1) is 0 Å². The molecule has 0 amide bonds. The van der Waals surface area contributed by atoms with E-state index in [1.54, 1.807) is 0 Å². The third kappa shape index (κ3) is 0.613. The number of rotatable bonds is 1. The van der Waals surface area contributed by atoms with Gasteiger partial charge in [0.15, 0.2) is 0 Å². The van der Waals surface area contributed by atoms with Crippen molar-refractivity contribution in [1.82, 2.24) is 5.32 Å². The van der Waals surface area contributed by atoms with E-state index in [1.807, 2.05) is 7.05 Å². The average Bonchev–Trinajstić information content (AvgIpc) is 2.00. The van der Waals surface area contributed by atoms with Crippen LogP contribution in [0.1, 0.15) is 20.8 Å². The lowest BCUT2D eigenvalue weighted by atomic mass is 9.69. The largest absolute Gasteiger partial charge is 0.307 e. The van der Waals surface area contributed by atoms with Crippen LogP contribution in [-0.2, 0) is 0 Å². The van der Waals surface area contributed by atoms with Gasteiger partial charge in [-0.1, -0.05) is 6.58 Å². The first-order chi connectivity index (χ1) is 4.54. The minimum Gasteiger partial charge on any atom is -0.307 e. The second-order valence-electron chi connectivity index (χ2n) is 3.10. The molecule has 1 atom stereocenters. The van der Waals surface area contributed by atoms with Gasteiger partial charge in [-0.05, 0) is 44.5 Å². The topological polar surface area (TPSA) is 12.0 Å². The molecule has 0 saturated carbocycles. The molecule has 1 unspecified atom stereocenters. The molecular formula is C9H15N. The van der Waals surface area contributed by atoms with E-state index in [0.29, 0.717) is 0 Å². The molecule has 0 saturated heterocycles. The van der Waals surface area contributed by atoms with Crippen LogP contribution in [0.25, 0.3) is 0 Å². The van der Waals surface area contributed by atoms with E-state index < -0.39 is 0 Å². The summed E-state index contributed by atoms with van der Waals surface area (Å²) in [7, 11) is 1.97. The predicted molar refractivity (Wildman–Crippen MR) is 45.0 cm³/mol. The maximum Gasteiger partial charge on any atom is 0.0618 e. The van der Waals surface area contributed by atoms with Crippen LogP contribution in [0, 0.1) is 0 Å². The van der Waals surface area contributed by atoms with Crippen LogP contribution >= 0.6 is 0 Å². The Morgan fingerprint density at radius 1 is 1.40 bits per heavy atom. The van der Waals surface area contributed by atoms with Crippen LogP contribution < -0.4 is 5.32 Å². The molecule has 1 aliphatic rings. The fraction of sp³-hybridized carbons (Fsp3) is 0.556. The normalized spacial score (nSPS) is 32.6. The zero-order valence-electron chi connectivity index (χ0n) is 7.21. The van der Waals surface area contributed by atoms with Crippen molar-refractivity contribution >= 4 is 0 Å². The molecule has 0 aromatic rings. The maximum atomic E-state index is 4.00. The molecule has 0 spiro atoms. The highest BCUT2D eigenvalue weighted by Gasteiger charge is 2.38. The predicted octanol–water partition coefficient (Wildman–Crippen LogP) is 1.87. The van der Waals surface area contributed by atoms with Gasteiger partial charge >= 0.3 is 0 Å². The lowest BCUT2D eigenvalue weighted by Gasteiger charge is -2.43. The molecule has 1 aliphatic carbocycles. The van der Waals surface area contributed by atoms with Gasteiger partial charge in [0.1, 0.15) is 0 Å². The van der Waals surface area contributed by atoms with Gasteiger partial charge in [0.2, 0.25) is 0 Å². The summed E-state index contributed by atoms with van der Waals surface area (Å²) in [5.41, 5.74) is 4.09. The van der Waals surface area contributed by atoms with Crippen molar-refractivity contribution in [2.24, 2.45) is 0 Å². The molecule has 0 heterocycles. The molecule has 56 valence electrons. The minimum absolute atomic E-state index is 0.0874. The van der Waals surface area contributed by atoms with Crippen molar-refractivity contribution in [3.05, 3.63) is 23.3 Å². The van der Waals surface area contributed by atoms with Crippen molar-refractivity contribution in [3.8, 4) is 0 Å². The van der Waals surface area contributed by atoms with E-state index in [1.165, 1.54) is 16.7 Å². The molecule has 0 fully saturated rings. The zero-order valence-corrected chi connectivity index (χ0v) is 7.21. The molecule has 10 heavy (non-hydrogen) atoms. The Bertz CT molecular complexity index is 213. The summed E-state index contributed by atoms with van der Waals surface area (Å²) < 4.78 is 0. The number of likely N-dealkylation sites (N-methyl/N-ethyl adjacent to an activating group) is 1. The van der Waals surface area contributed by atoms with Crippen molar-refractivity contribution in [2.75, 3.05) is 7.05 Å². The quantitative estimate of drug-likeness (QED) is 0.581. The van der Waals surface area contributed by atoms with Crippen LogP contribution in [0.4, 0.5) is 0 Å². The van der Waals surface area contributed by atoms with Gasteiger partial charge in [-0.25, -0.2) is 0 Å². The van der Waals surface area contributed by atoms with Gasteiger partial charge < -0.3 is 5.32 Å². The Balaban J connectivity index is 3.00. The molecular weight excluding hydrogens is 122 g/mol. The summed E-state index contributed by atoms with van der Waals surface area (Å²) >= 11 is 0. The average molecular weight is 137 g/mol. The fourth-order valence-electron chi connectivity index (χ4n) is 1.48. The summed E-state index contributed by atoms with van der Waals surface area (Å²) in [6.45, 7) is 10.4. The molecule has 0 aromatic carbocycles. The van der Waals surface area contributed by atoms with Crippen LogP contribution in [0.5, 0.6) is 0 Å². The first-order valence-corrected chi connectivity index (χ1v) is 3.60. The van der Waals surface area contributed by atoms with E-state index in [0.717, 1.165) is 0 Å². The van der Waals surface area contributed by atoms with E-state index in [2.05, 4.69) is 32.7 Å². The summed E-state index contributed by atoms with van der Waals surface area (Å²) in [6, 6.07) is 0. The van der Waals surface area contributed by atoms with E-state index >= 15 is 0 Å². The fourth-order valence-corrected chi connectivity index (χ4v) is 1.48. The smallest absolute Gasteiger partial charge is 0.0618 e. The SMILES string of the molecule is C=C1C(C)=C(C)C1(C)NC. The Morgan fingerprint density at radius 3 is 2.10 bits per heavy atom. The molecule has 0 bridgehead atoms. The van der Waals surface area contributed by atoms with Crippen LogP contribution in [0.3, 0.4) is 0 Å². The molecule has 0 aromatic heterocycles. The second kappa shape index (κ2) is 1.96. The van der Waals surface area contributed by atoms with Crippen LogP contribution in [-0.4, -0.2) is 12.6 Å². The van der Waals surface area contributed by atoms with Crippen molar-refractivity contribution in [3.63, 3.8) is 0 Å². The molecule has 0 aliphatic heterocycles. The molecule has 1 N–H and O–H groups in total. The summed E-state index contributed by atoms with van der Waals surface area (Å²) in [5.74, 6) is 0. The van der Waals surface area contributed by atoms with Gasteiger partial charge in [0, 0.05) is 0 Å². The van der Waals surface area contributed by atoms with Gasteiger partial charge in [0.05, 0.1) is 5.54 Å². The summed E-state index contributed by atoms with van der Waals surface area (Å²) in [5, 5.41) is 3.25. The third-order valence-electron chi connectivity index (χ3n) is 2.87. The Kier molecular flexibility index (Phi) is 1.48. The van der Waals surface area contributed by atoms with E-state index in [-0.39, 0.29) is 5.54 Å². The standard InChI is InChI=1S/C9H15N/c1-6-7(2)9(4,10-5)8(6)3/h10H,2H2,1,3-5H3. The molecule has 1 heteroatoms. The summed E-state index contributed by atoms with van der Waals surface area (Å²) in [4.78, 5) is 0. The van der Waals surface area contributed by atoms with Crippen LogP contribution in [0.2, 0.25) is 0 Å². The van der Waals surface area contributed by atoms with Crippen molar-refractivity contribution in [1.29, 1.82) is 0 Å². The highest BCUT2D eigenvalue weighted by Crippen LogP contribution is 2.41. The highest BCUT2D eigenvalue weighted by atomic mass is 15.0. The first-order valence-electron chi connectivity index (χ1n) is 3.60. The zero-order chi connectivity index (χ0) is 7.94. The summed E-state index contributed by atoms with van der Waals surface area (Å²) in [6.07, 6.45) is 0. The first kappa shape index (κ1) is 7.55. The second-order valence-corrected chi connectivity index (χ2v) is 3.10. The molecule has 0 radical (unpaired) electrons. The molecule has 1 nitrogen and oxygen atoms in total. The number of hydrogen-bond donors (Lipinski definition) is 1. The number of nitrogens with one attached hydrogen (secondary N) is 1. The Morgan fingerprint density at radius 2 is 1.90 bits per heavy atom. The Labute approximate surface area is 62.8 Å². The van der Waals surface area contributed by atoms with Crippen molar-refractivity contribution < 1.29 is 0 Å². The number of hydrogen-bond acceptors (Lipinski definition) is 1. The minimum atomic E-state index is 0.0874. The Hall–Kier alpha value is -0.560. The van der Waals surface area contributed by atoms with Crippen LogP contribution in [0.15, 0.2) is 23.3 Å². The third-order valence-corrected chi connectivity index (χ3v) is 2.87. The van der Waals surface area contributed by atoms with Crippen molar-refractivity contribution in [2.45, 2.75) is 26.3 Å². The van der Waals surface area contributed by atoms with Gasteiger partial charge in [-0.2, -0.15) is 0 Å². The van der Waals surface area contributed by atoms with Gasteiger partial charge in [0.25, 0.3) is 0 Å². The maximum absolute atomic E-state index is 4.00. The van der Waals surface area contributed by atoms with E-state index in [4.69, 9.17) is 0 Å².